The molecule has 3 aromatic heterocycles. The Morgan fingerprint density at radius 3 is 2.91 bits per heavy atom. The minimum Gasteiger partial charge on any atom is -0.507 e. The molecule has 1 unspecified atom stereocenters. The zero-order chi connectivity index (χ0) is 23.3. The number of rotatable bonds is 5. The van der Waals surface area contributed by atoms with Crippen LogP contribution in [0, 0.1) is 12.7 Å². The van der Waals surface area contributed by atoms with Gasteiger partial charge in [-0.3, -0.25) is 9.48 Å². The Morgan fingerprint density at radius 1 is 1.30 bits per heavy atom. The number of fused-ring (bicyclic) bond motifs is 2. The topological polar surface area (TPSA) is 99.7 Å². The first-order valence-corrected chi connectivity index (χ1v) is 11.0. The summed E-state index contributed by atoms with van der Waals surface area (Å²) in [6, 6.07) is 3.21. The molecule has 1 aliphatic heterocycles. The van der Waals surface area contributed by atoms with E-state index in [4.69, 9.17) is 0 Å². The monoisotopic (exact) mass is 451 g/mol. The van der Waals surface area contributed by atoms with Crippen LogP contribution in [0.15, 0.2) is 30.7 Å². The van der Waals surface area contributed by atoms with E-state index in [-0.39, 0.29) is 22.6 Å². The molecule has 0 spiro atoms. The van der Waals surface area contributed by atoms with Crippen LogP contribution in [0.3, 0.4) is 0 Å². The minimum absolute atomic E-state index is 0.0547. The van der Waals surface area contributed by atoms with Crippen LogP contribution in [0.5, 0.6) is 5.75 Å². The Balaban J connectivity index is 1.51. The van der Waals surface area contributed by atoms with Gasteiger partial charge in [-0.05, 0) is 19.9 Å². The van der Waals surface area contributed by atoms with Crippen molar-refractivity contribution in [2.75, 3.05) is 29.9 Å². The van der Waals surface area contributed by atoms with Crippen molar-refractivity contribution in [1.82, 2.24) is 24.5 Å². The first-order chi connectivity index (χ1) is 15.8. The molecule has 0 saturated carbocycles. The molecule has 4 heterocycles. The highest BCUT2D eigenvalue weighted by atomic mass is 19.1. The Bertz CT molecular complexity index is 1380. The lowest BCUT2D eigenvalue weighted by molar-refractivity contribution is 0.102. The number of halogens is 1. The van der Waals surface area contributed by atoms with Crippen molar-refractivity contribution in [2.45, 2.75) is 26.3 Å². The fourth-order valence-electron chi connectivity index (χ4n) is 4.62. The third-order valence-electron chi connectivity index (χ3n) is 6.00. The number of nitrogens with zero attached hydrogens (tertiary/aromatic N) is 5. The van der Waals surface area contributed by atoms with Crippen molar-refractivity contribution >= 4 is 33.8 Å². The molecule has 5 rings (SSSR count). The zero-order valence-electron chi connectivity index (χ0n) is 18.8. The summed E-state index contributed by atoms with van der Waals surface area (Å²) in [6.45, 7) is 6.40. The summed E-state index contributed by atoms with van der Waals surface area (Å²) in [5.41, 5.74) is 2.40. The molecule has 4 aromatic rings. The molecule has 9 nitrogen and oxygen atoms in total. The van der Waals surface area contributed by atoms with E-state index in [0.717, 1.165) is 37.1 Å². The average molecular weight is 452 g/mol. The van der Waals surface area contributed by atoms with E-state index in [0.29, 0.717) is 17.3 Å². The van der Waals surface area contributed by atoms with Gasteiger partial charge in [-0.2, -0.15) is 5.10 Å². The molecule has 1 saturated heterocycles. The van der Waals surface area contributed by atoms with E-state index in [1.807, 2.05) is 6.20 Å². The number of phenols is 1. The van der Waals surface area contributed by atoms with Gasteiger partial charge in [-0.1, -0.05) is 6.92 Å². The van der Waals surface area contributed by atoms with Gasteiger partial charge in [0.1, 0.15) is 16.8 Å². The first kappa shape index (κ1) is 21.2. The number of aryl methyl sites for hydroxylation is 2. The molecule has 1 fully saturated rings. The third kappa shape index (κ3) is 3.76. The summed E-state index contributed by atoms with van der Waals surface area (Å²) in [4.78, 5) is 19.5. The Kier molecular flexibility index (Phi) is 5.16. The van der Waals surface area contributed by atoms with Gasteiger partial charge < -0.3 is 25.0 Å². The third-order valence-corrected chi connectivity index (χ3v) is 6.00. The van der Waals surface area contributed by atoms with Crippen LogP contribution in [0.1, 0.15) is 29.4 Å². The fraction of sp³-hybridized carbons (Fsp3) is 0.348. The number of imidazole rings is 1. The predicted octanol–water partition coefficient (Wildman–Crippen LogP) is 2.81. The number of pyridine rings is 1. The van der Waals surface area contributed by atoms with Crippen molar-refractivity contribution in [1.29, 1.82) is 0 Å². The summed E-state index contributed by atoms with van der Waals surface area (Å²) in [6.07, 6.45) is 6.11. The van der Waals surface area contributed by atoms with Crippen LogP contribution in [-0.2, 0) is 7.05 Å². The molecule has 3 N–H and O–H groups in total. The highest BCUT2D eigenvalue weighted by Gasteiger charge is 2.27. The number of aromatic hydroxyl groups is 1. The van der Waals surface area contributed by atoms with Gasteiger partial charge in [0, 0.05) is 62.3 Å². The number of nitrogens with one attached hydrogen (secondary N) is 2. The van der Waals surface area contributed by atoms with Gasteiger partial charge in [0.25, 0.3) is 5.91 Å². The van der Waals surface area contributed by atoms with Crippen molar-refractivity contribution in [3.63, 3.8) is 0 Å². The number of phenolic OH excluding ortho intramolecular Hbond substituents is 1. The molecule has 1 aliphatic rings. The lowest BCUT2D eigenvalue weighted by Crippen LogP contribution is -2.32. The largest absolute Gasteiger partial charge is 0.507 e. The average Bonchev–Trinajstić information content (AvgIpc) is 3.45. The molecule has 0 aliphatic carbocycles. The Labute approximate surface area is 189 Å². The van der Waals surface area contributed by atoms with Crippen LogP contribution in [0.4, 0.5) is 15.8 Å². The summed E-state index contributed by atoms with van der Waals surface area (Å²) >= 11 is 0. The highest BCUT2D eigenvalue weighted by molar-refractivity contribution is 6.16. The van der Waals surface area contributed by atoms with Gasteiger partial charge in [-0.25, -0.2) is 9.37 Å². The second-order valence-electron chi connectivity index (χ2n) is 8.49. The Morgan fingerprint density at radius 2 is 2.12 bits per heavy atom. The normalized spacial score (nSPS) is 16.2. The number of anilines is 2. The second kappa shape index (κ2) is 8.04. The van der Waals surface area contributed by atoms with Gasteiger partial charge in [0.05, 0.1) is 17.1 Å². The number of carbonyl (C=O) groups is 1. The minimum atomic E-state index is -0.565. The highest BCUT2D eigenvalue weighted by Crippen LogP contribution is 2.37. The van der Waals surface area contributed by atoms with Gasteiger partial charge in [0.15, 0.2) is 11.5 Å². The number of carbonyl (C=O) groups excluding carboxylic acids is 1. The van der Waals surface area contributed by atoms with Crippen LogP contribution in [-0.4, -0.2) is 55.9 Å². The molecule has 1 amide bonds. The second-order valence-corrected chi connectivity index (χ2v) is 8.49. The number of amides is 1. The summed E-state index contributed by atoms with van der Waals surface area (Å²) in [7, 11) is 1.78. The van der Waals surface area contributed by atoms with Crippen LogP contribution < -0.4 is 15.5 Å². The summed E-state index contributed by atoms with van der Waals surface area (Å²) in [5.74, 6) is -1.28. The SMILES string of the molecule is CCNC1CCN(c2cc(O)c(C(=O)Nc3cc(F)c4nc(C)cn4c3)c3nn(C)cc23)C1. The van der Waals surface area contributed by atoms with Crippen LogP contribution in [0.25, 0.3) is 16.6 Å². The van der Waals surface area contributed by atoms with Crippen molar-refractivity contribution in [3.05, 3.63) is 47.8 Å². The quantitative estimate of drug-likeness (QED) is 0.432. The van der Waals surface area contributed by atoms with Crippen molar-refractivity contribution in [2.24, 2.45) is 7.05 Å². The van der Waals surface area contributed by atoms with E-state index in [9.17, 15) is 14.3 Å². The predicted molar refractivity (Wildman–Crippen MR) is 125 cm³/mol. The molecular formula is C23H26FN7O2. The van der Waals surface area contributed by atoms with Crippen LogP contribution in [0.2, 0.25) is 0 Å². The standard InChI is InChI=1S/C23H26FN7O2/c1-4-25-14-5-6-30(10-14)18-8-19(32)20(21-16(18)12-29(3)28-21)23(33)27-15-7-17(24)22-26-13(2)9-31(22)11-15/h7-9,11-12,14,25,32H,4-6,10H2,1-3H3,(H,27,33). The first-order valence-electron chi connectivity index (χ1n) is 11.0. The molecule has 1 atom stereocenters. The molecule has 0 radical (unpaired) electrons. The number of likely N-dealkylation sites (N-methyl/N-ethyl adjacent to an activating group) is 1. The molecule has 0 bridgehead atoms. The number of benzene rings is 1. The molecule has 10 heteroatoms. The maximum absolute atomic E-state index is 14.5. The molecular weight excluding hydrogens is 425 g/mol. The van der Waals surface area contributed by atoms with E-state index in [1.165, 1.54) is 10.5 Å². The lowest BCUT2D eigenvalue weighted by atomic mass is 10.1. The van der Waals surface area contributed by atoms with E-state index in [1.54, 1.807) is 37.1 Å². The number of aromatic nitrogens is 4. The molecule has 172 valence electrons. The zero-order valence-corrected chi connectivity index (χ0v) is 18.8. The number of hydrogen-bond acceptors (Lipinski definition) is 6. The van der Waals surface area contributed by atoms with E-state index in [2.05, 4.69) is 32.5 Å². The molecule has 1 aromatic carbocycles. The fourth-order valence-corrected chi connectivity index (χ4v) is 4.62. The number of hydrogen-bond donors (Lipinski definition) is 3. The van der Waals surface area contributed by atoms with E-state index < -0.39 is 11.7 Å². The van der Waals surface area contributed by atoms with E-state index >= 15 is 0 Å². The summed E-state index contributed by atoms with van der Waals surface area (Å²) < 4.78 is 17.6. The van der Waals surface area contributed by atoms with Crippen molar-refractivity contribution < 1.29 is 14.3 Å². The smallest absolute Gasteiger partial charge is 0.261 e. The van der Waals surface area contributed by atoms with Gasteiger partial charge >= 0.3 is 0 Å². The lowest BCUT2D eigenvalue weighted by Gasteiger charge is -2.21. The van der Waals surface area contributed by atoms with Crippen LogP contribution >= 0.6 is 0 Å². The maximum Gasteiger partial charge on any atom is 0.261 e. The van der Waals surface area contributed by atoms with Gasteiger partial charge in [-0.15, -0.1) is 0 Å². The summed E-state index contributed by atoms with van der Waals surface area (Å²) in [5, 5.41) is 22.3. The Hall–Kier alpha value is -3.66. The van der Waals surface area contributed by atoms with Gasteiger partial charge in [0.2, 0.25) is 0 Å². The maximum atomic E-state index is 14.5. The molecule has 33 heavy (non-hydrogen) atoms. The van der Waals surface area contributed by atoms with Crippen molar-refractivity contribution in [3.8, 4) is 5.75 Å².